The molecule has 2 nitrogen and oxygen atoms in total. The van der Waals surface area contributed by atoms with Crippen molar-refractivity contribution in [1.29, 1.82) is 0 Å². The lowest BCUT2D eigenvalue weighted by molar-refractivity contribution is -0.00940. The zero-order chi connectivity index (χ0) is 13.2. The predicted octanol–water partition coefficient (Wildman–Crippen LogP) is 5.01. The molecule has 1 aromatic rings. The fraction of sp³-hybridized carbons (Fsp3) is 0.714. The van der Waals surface area contributed by atoms with Gasteiger partial charge in [0.2, 0.25) is 0 Å². The third kappa shape index (κ3) is 1.96. The van der Waals surface area contributed by atoms with Gasteiger partial charge in [0, 0.05) is 5.41 Å². The molecule has 102 valence electrons. The highest BCUT2D eigenvalue weighted by atomic mass is 79.9. The summed E-state index contributed by atoms with van der Waals surface area (Å²) in [5.41, 5.74) is 0.155. The zero-order valence-electron chi connectivity index (χ0n) is 10.5. The van der Waals surface area contributed by atoms with Crippen molar-refractivity contribution in [3.05, 3.63) is 20.6 Å². The van der Waals surface area contributed by atoms with E-state index in [0.29, 0.717) is 14.8 Å². The minimum atomic E-state index is 0.155. The van der Waals surface area contributed by atoms with E-state index in [1.807, 2.05) is 0 Å². The molecule has 1 aromatic heterocycles. The van der Waals surface area contributed by atoms with Crippen LogP contribution in [0, 0.1) is 17.8 Å². The Balaban J connectivity index is 1.79. The number of nitrogens with zero attached hydrogens (tertiary/aromatic N) is 2. The highest BCUT2D eigenvalue weighted by molar-refractivity contribution is 9.10. The second kappa shape index (κ2) is 4.32. The van der Waals surface area contributed by atoms with E-state index in [2.05, 4.69) is 25.9 Å². The van der Waals surface area contributed by atoms with Gasteiger partial charge in [0.25, 0.3) is 0 Å². The van der Waals surface area contributed by atoms with Crippen LogP contribution in [-0.4, -0.2) is 9.97 Å². The second-order valence-corrected chi connectivity index (χ2v) is 8.15. The zero-order valence-corrected chi connectivity index (χ0v) is 13.6. The molecule has 4 aliphatic rings. The number of rotatable bonds is 1. The largest absolute Gasteiger partial charge is 0.219 e. The average Bonchev–Trinajstić information content (AvgIpc) is 2.33. The molecule has 0 atom stereocenters. The van der Waals surface area contributed by atoms with Crippen LogP contribution in [0.3, 0.4) is 0 Å². The molecule has 0 amide bonds. The topological polar surface area (TPSA) is 25.8 Å². The van der Waals surface area contributed by atoms with Gasteiger partial charge in [-0.3, -0.25) is 0 Å². The Hall–Kier alpha value is 0.140. The summed E-state index contributed by atoms with van der Waals surface area (Å²) < 4.78 is 0.615. The molecule has 0 spiro atoms. The molecule has 0 N–H and O–H groups in total. The Labute approximate surface area is 131 Å². The summed E-state index contributed by atoms with van der Waals surface area (Å²) in [4.78, 5) is 9.09. The van der Waals surface area contributed by atoms with Crippen LogP contribution in [0.5, 0.6) is 0 Å². The van der Waals surface area contributed by atoms with E-state index in [0.717, 1.165) is 23.6 Å². The smallest absolute Gasteiger partial charge is 0.148 e. The quantitative estimate of drug-likeness (QED) is 0.656. The van der Waals surface area contributed by atoms with E-state index < -0.39 is 0 Å². The average molecular weight is 362 g/mol. The van der Waals surface area contributed by atoms with Crippen LogP contribution in [-0.2, 0) is 5.41 Å². The first kappa shape index (κ1) is 12.8. The molecule has 4 aliphatic carbocycles. The Kier molecular flexibility index (Phi) is 2.92. The second-order valence-electron chi connectivity index (χ2n) is 6.64. The van der Waals surface area contributed by atoms with Crippen LogP contribution in [0.4, 0.5) is 0 Å². The highest BCUT2D eigenvalue weighted by Crippen LogP contribution is 2.60. The van der Waals surface area contributed by atoms with E-state index in [4.69, 9.17) is 23.2 Å². The lowest BCUT2D eigenvalue weighted by Crippen LogP contribution is -2.49. The Morgan fingerprint density at radius 1 is 0.895 bits per heavy atom. The monoisotopic (exact) mass is 360 g/mol. The first-order chi connectivity index (χ1) is 9.06. The molecule has 0 radical (unpaired) electrons. The molecule has 0 aromatic carbocycles. The molecule has 4 fully saturated rings. The third-order valence-electron chi connectivity index (χ3n) is 5.28. The van der Waals surface area contributed by atoms with E-state index in [1.165, 1.54) is 38.5 Å². The SMILES string of the molecule is Clc1nc(C23CC4CC(CC(C4)C2)C3)nc(Cl)c1Br. The maximum Gasteiger partial charge on any atom is 0.148 e. The summed E-state index contributed by atoms with van der Waals surface area (Å²) in [6.07, 6.45) is 7.93. The summed E-state index contributed by atoms with van der Waals surface area (Å²) >= 11 is 15.7. The van der Waals surface area contributed by atoms with Gasteiger partial charge in [0.15, 0.2) is 0 Å². The normalized spacial score (nSPS) is 39.8. The summed E-state index contributed by atoms with van der Waals surface area (Å²) in [6, 6.07) is 0. The van der Waals surface area contributed by atoms with E-state index in [9.17, 15) is 0 Å². The van der Waals surface area contributed by atoms with Crippen molar-refractivity contribution in [3.8, 4) is 0 Å². The number of hydrogen-bond acceptors (Lipinski definition) is 2. The van der Waals surface area contributed by atoms with Crippen LogP contribution in [0.25, 0.3) is 0 Å². The lowest BCUT2D eigenvalue weighted by Gasteiger charge is -2.55. The van der Waals surface area contributed by atoms with Crippen LogP contribution < -0.4 is 0 Å². The fourth-order valence-electron chi connectivity index (χ4n) is 5.02. The molecule has 19 heavy (non-hydrogen) atoms. The van der Waals surface area contributed by atoms with Crippen molar-refractivity contribution >= 4 is 39.1 Å². The molecule has 5 heteroatoms. The molecule has 4 bridgehead atoms. The minimum Gasteiger partial charge on any atom is -0.219 e. The van der Waals surface area contributed by atoms with Gasteiger partial charge in [-0.1, -0.05) is 23.2 Å². The third-order valence-corrected chi connectivity index (χ3v) is 7.04. The van der Waals surface area contributed by atoms with Crippen molar-refractivity contribution in [1.82, 2.24) is 9.97 Å². The van der Waals surface area contributed by atoms with Gasteiger partial charge in [-0.15, -0.1) is 0 Å². The van der Waals surface area contributed by atoms with Crippen LogP contribution in [0.1, 0.15) is 44.3 Å². The molecule has 4 saturated carbocycles. The Morgan fingerprint density at radius 3 is 1.74 bits per heavy atom. The first-order valence-electron chi connectivity index (χ1n) is 6.95. The van der Waals surface area contributed by atoms with Gasteiger partial charge < -0.3 is 0 Å². The standard InChI is InChI=1S/C14H15BrCl2N2/c15-10-11(16)18-13(19-12(10)17)14-4-7-1-8(5-14)3-9(2-7)6-14/h7-9H,1-6H2. The summed E-state index contributed by atoms with van der Waals surface area (Å²) in [6.45, 7) is 0. The maximum atomic E-state index is 6.18. The molecule has 0 aliphatic heterocycles. The number of hydrogen-bond donors (Lipinski definition) is 0. The van der Waals surface area contributed by atoms with Crippen LogP contribution in [0.15, 0.2) is 4.47 Å². The lowest BCUT2D eigenvalue weighted by atomic mass is 9.49. The first-order valence-corrected chi connectivity index (χ1v) is 8.50. The Bertz CT molecular complexity index is 488. The number of aromatic nitrogens is 2. The van der Waals surface area contributed by atoms with Crippen LogP contribution in [0.2, 0.25) is 10.3 Å². The van der Waals surface area contributed by atoms with E-state index >= 15 is 0 Å². The van der Waals surface area contributed by atoms with Crippen molar-refractivity contribution < 1.29 is 0 Å². The van der Waals surface area contributed by atoms with Gasteiger partial charge in [-0.2, -0.15) is 0 Å². The summed E-state index contributed by atoms with van der Waals surface area (Å²) in [7, 11) is 0. The fourth-order valence-corrected chi connectivity index (χ4v) is 5.58. The van der Waals surface area contributed by atoms with E-state index in [-0.39, 0.29) is 5.41 Å². The van der Waals surface area contributed by atoms with Gasteiger partial charge >= 0.3 is 0 Å². The van der Waals surface area contributed by atoms with Crippen molar-refractivity contribution in [2.45, 2.75) is 43.9 Å². The van der Waals surface area contributed by atoms with Crippen molar-refractivity contribution in [2.24, 2.45) is 17.8 Å². The van der Waals surface area contributed by atoms with Crippen molar-refractivity contribution in [3.63, 3.8) is 0 Å². The molecule has 1 heterocycles. The van der Waals surface area contributed by atoms with Gasteiger partial charge in [-0.05, 0) is 72.2 Å². The molecule has 5 rings (SSSR count). The molecular formula is C14H15BrCl2N2. The van der Waals surface area contributed by atoms with Crippen molar-refractivity contribution in [2.75, 3.05) is 0 Å². The van der Waals surface area contributed by atoms with Crippen LogP contribution >= 0.6 is 39.1 Å². The Morgan fingerprint density at radius 2 is 1.32 bits per heavy atom. The minimum absolute atomic E-state index is 0.155. The predicted molar refractivity (Wildman–Crippen MR) is 79.6 cm³/mol. The molecule has 0 saturated heterocycles. The van der Waals surface area contributed by atoms with E-state index in [1.54, 1.807) is 0 Å². The maximum absolute atomic E-state index is 6.18. The number of halogens is 3. The van der Waals surface area contributed by atoms with Gasteiger partial charge in [-0.25, -0.2) is 9.97 Å². The molecule has 0 unspecified atom stereocenters. The van der Waals surface area contributed by atoms with Gasteiger partial charge in [0.05, 0.1) is 4.47 Å². The van der Waals surface area contributed by atoms with Gasteiger partial charge in [0.1, 0.15) is 16.1 Å². The molecular weight excluding hydrogens is 347 g/mol. The summed E-state index contributed by atoms with van der Waals surface area (Å²) in [5, 5.41) is 0.900. The highest BCUT2D eigenvalue weighted by Gasteiger charge is 2.53. The summed E-state index contributed by atoms with van der Waals surface area (Å²) in [5.74, 6) is 3.51.